The summed E-state index contributed by atoms with van der Waals surface area (Å²) in [5.74, 6) is 0.225. The Morgan fingerprint density at radius 2 is 1.36 bits per heavy atom. The van der Waals surface area contributed by atoms with Crippen molar-refractivity contribution in [2.24, 2.45) is 0 Å². The molecule has 1 aromatic carbocycles. The summed E-state index contributed by atoms with van der Waals surface area (Å²) in [6, 6.07) is 3.56. The Kier molecular flexibility index (Phi) is 6.84. The minimum Gasteiger partial charge on any atom is -0.506 e. The fraction of sp³-hybridized carbons (Fsp3) is 0. The van der Waals surface area contributed by atoms with E-state index in [9.17, 15) is 5.11 Å². The van der Waals surface area contributed by atoms with E-state index in [2.05, 4.69) is 47.8 Å². The number of benzene rings is 1. The Labute approximate surface area is 133 Å². The van der Waals surface area contributed by atoms with Gasteiger partial charge in [-0.25, -0.2) is 0 Å². The molecule has 0 aliphatic carbocycles. The van der Waals surface area contributed by atoms with Crippen molar-refractivity contribution in [1.29, 1.82) is 0 Å². The predicted molar refractivity (Wildman–Crippen MR) is 57.0 cm³/mol. The van der Waals surface area contributed by atoms with E-state index in [0.29, 0.717) is 8.95 Å². The molecular weight excluding hydrogens is 367 g/mol. The molecule has 0 bridgehead atoms. The maximum Gasteiger partial charge on any atom is 0.144 e. The molecule has 11 heavy (non-hydrogen) atoms. The van der Waals surface area contributed by atoms with Crippen LogP contribution >= 0.6 is 47.8 Å². The monoisotopic (exact) mass is 367 g/mol. The van der Waals surface area contributed by atoms with Crippen LogP contribution in [0.4, 0.5) is 0 Å². The van der Waals surface area contributed by atoms with Gasteiger partial charge in [0.25, 0.3) is 0 Å². The van der Waals surface area contributed by atoms with Crippen LogP contribution in [0.5, 0.6) is 5.75 Å². The number of aromatic hydroxyl groups is 1. The van der Waals surface area contributed by atoms with Crippen molar-refractivity contribution in [3.8, 4) is 5.75 Å². The maximum atomic E-state index is 9.22. The van der Waals surface area contributed by atoms with Crippen LogP contribution in [0.15, 0.2) is 25.6 Å². The molecule has 0 saturated heterocycles. The Morgan fingerprint density at radius 3 is 1.73 bits per heavy atom. The SMILES string of the molecule is Oc1c(Br)cc(Br)cc1Br.[K]. The van der Waals surface area contributed by atoms with E-state index in [4.69, 9.17) is 0 Å². The molecule has 0 atom stereocenters. The van der Waals surface area contributed by atoms with Crippen molar-refractivity contribution >= 4 is 99.2 Å². The third-order valence-electron chi connectivity index (χ3n) is 0.982. The van der Waals surface area contributed by atoms with E-state index in [1.54, 1.807) is 12.1 Å². The molecule has 0 unspecified atom stereocenters. The van der Waals surface area contributed by atoms with Gasteiger partial charge in [0, 0.05) is 55.9 Å². The van der Waals surface area contributed by atoms with Gasteiger partial charge in [0.1, 0.15) is 5.75 Å². The molecule has 0 heterocycles. The van der Waals surface area contributed by atoms with E-state index in [-0.39, 0.29) is 57.1 Å². The molecule has 1 aromatic rings. The number of rotatable bonds is 0. The average molecular weight is 370 g/mol. The van der Waals surface area contributed by atoms with Gasteiger partial charge in [-0.05, 0) is 44.0 Å². The quantitative estimate of drug-likeness (QED) is 0.696. The minimum atomic E-state index is 0. The van der Waals surface area contributed by atoms with Gasteiger partial charge in [-0.2, -0.15) is 0 Å². The molecule has 0 aromatic heterocycles. The predicted octanol–water partition coefficient (Wildman–Crippen LogP) is 3.30. The minimum absolute atomic E-state index is 0. The van der Waals surface area contributed by atoms with Crippen LogP contribution in [0.1, 0.15) is 0 Å². The fourth-order valence-corrected chi connectivity index (χ4v) is 2.79. The third kappa shape index (κ3) is 3.77. The Balaban J connectivity index is 0.000001000. The molecule has 1 nitrogen and oxygen atoms in total. The molecule has 1 rings (SSSR count). The molecule has 0 aliphatic heterocycles. The normalized spacial score (nSPS) is 9.00. The van der Waals surface area contributed by atoms with Gasteiger partial charge in [-0.15, -0.1) is 0 Å². The van der Waals surface area contributed by atoms with Gasteiger partial charge in [0.15, 0.2) is 0 Å². The van der Waals surface area contributed by atoms with Crippen LogP contribution in [-0.2, 0) is 0 Å². The molecule has 0 saturated carbocycles. The molecule has 0 spiro atoms. The third-order valence-corrected chi connectivity index (χ3v) is 2.65. The van der Waals surface area contributed by atoms with Gasteiger partial charge in [-0.3, -0.25) is 0 Å². The molecule has 1 radical (unpaired) electrons. The van der Waals surface area contributed by atoms with E-state index >= 15 is 0 Å². The number of hydrogen-bond donors (Lipinski definition) is 1. The molecule has 1 N–H and O–H groups in total. The molecule has 0 fully saturated rings. The van der Waals surface area contributed by atoms with Crippen LogP contribution in [0.25, 0.3) is 0 Å². The van der Waals surface area contributed by atoms with Gasteiger partial charge in [0.05, 0.1) is 8.95 Å². The molecule has 5 heteroatoms. The van der Waals surface area contributed by atoms with Crippen molar-refractivity contribution in [3.05, 3.63) is 25.6 Å². The van der Waals surface area contributed by atoms with Crippen LogP contribution in [0.2, 0.25) is 0 Å². The first-order chi connectivity index (χ1) is 4.61. The summed E-state index contributed by atoms with van der Waals surface area (Å²) in [5, 5.41) is 9.22. The first kappa shape index (κ1) is 13.1. The topological polar surface area (TPSA) is 20.2 Å². The summed E-state index contributed by atoms with van der Waals surface area (Å²) in [7, 11) is 0. The van der Waals surface area contributed by atoms with Crippen molar-refractivity contribution in [2.75, 3.05) is 0 Å². The molecule has 0 amide bonds. The van der Waals surface area contributed by atoms with Crippen molar-refractivity contribution < 1.29 is 5.11 Å². The van der Waals surface area contributed by atoms with Crippen molar-refractivity contribution in [3.63, 3.8) is 0 Å². The van der Waals surface area contributed by atoms with E-state index in [0.717, 1.165) is 4.47 Å². The van der Waals surface area contributed by atoms with Gasteiger partial charge in [-0.1, -0.05) is 15.9 Å². The smallest absolute Gasteiger partial charge is 0.144 e. The Bertz CT molecular complexity index is 241. The Morgan fingerprint density at radius 1 is 1.00 bits per heavy atom. The summed E-state index contributed by atoms with van der Waals surface area (Å²) in [6.07, 6.45) is 0. The first-order valence-electron chi connectivity index (χ1n) is 2.45. The van der Waals surface area contributed by atoms with Crippen LogP contribution in [0, 0.1) is 0 Å². The van der Waals surface area contributed by atoms with Crippen molar-refractivity contribution in [2.45, 2.75) is 0 Å². The molecule has 55 valence electrons. The van der Waals surface area contributed by atoms with E-state index in [1.165, 1.54) is 0 Å². The number of hydrogen-bond acceptors (Lipinski definition) is 1. The zero-order chi connectivity index (χ0) is 7.72. The molecular formula is C6H3Br3KO. The second-order valence-corrected chi connectivity index (χ2v) is 4.34. The van der Waals surface area contributed by atoms with E-state index < -0.39 is 0 Å². The second-order valence-electron chi connectivity index (χ2n) is 1.72. The second kappa shape index (κ2) is 5.75. The average Bonchev–Trinajstić information content (AvgIpc) is 1.82. The van der Waals surface area contributed by atoms with Gasteiger partial charge in [0.2, 0.25) is 0 Å². The van der Waals surface area contributed by atoms with Gasteiger partial charge < -0.3 is 5.11 Å². The summed E-state index contributed by atoms with van der Waals surface area (Å²) in [5.41, 5.74) is 0. The summed E-state index contributed by atoms with van der Waals surface area (Å²) < 4.78 is 2.27. The molecule has 0 aliphatic rings. The standard InChI is InChI=1S/C6H3Br3O.K/c7-3-1-4(8)6(10)5(9)2-3;/h1-2,10H;. The Hall–Kier alpha value is 2.10. The zero-order valence-corrected chi connectivity index (χ0v) is 13.6. The number of phenols is 1. The number of phenolic OH excluding ortho intramolecular Hbond substituents is 1. The van der Waals surface area contributed by atoms with Crippen molar-refractivity contribution in [1.82, 2.24) is 0 Å². The van der Waals surface area contributed by atoms with Crippen LogP contribution in [0.3, 0.4) is 0 Å². The zero-order valence-electron chi connectivity index (χ0n) is 5.74. The number of halogens is 3. The fourth-order valence-electron chi connectivity index (χ4n) is 0.535. The van der Waals surface area contributed by atoms with Gasteiger partial charge >= 0.3 is 0 Å². The largest absolute Gasteiger partial charge is 0.506 e. The van der Waals surface area contributed by atoms with Crippen LogP contribution < -0.4 is 0 Å². The maximum absolute atomic E-state index is 9.22. The summed E-state index contributed by atoms with van der Waals surface area (Å²) in [4.78, 5) is 0. The van der Waals surface area contributed by atoms with Crippen LogP contribution in [-0.4, -0.2) is 56.5 Å². The summed E-state index contributed by atoms with van der Waals surface area (Å²) in [6.45, 7) is 0. The first-order valence-corrected chi connectivity index (χ1v) is 4.82. The summed E-state index contributed by atoms with van der Waals surface area (Å²) >= 11 is 9.65. The van der Waals surface area contributed by atoms with E-state index in [1.807, 2.05) is 0 Å².